The molecule has 2 amide bonds. The first kappa shape index (κ1) is 13.9. The highest BCUT2D eigenvalue weighted by atomic mass is 16.2. The number of nitrogens with one attached hydrogen (secondary N) is 1. The first-order valence-electron chi connectivity index (χ1n) is 7.85. The minimum Gasteiger partial charge on any atom is -0.348 e. The van der Waals surface area contributed by atoms with Crippen LogP contribution in [0.3, 0.4) is 0 Å². The maximum absolute atomic E-state index is 12.4. The number of hydrogen-bond acceptors (Lipinski definition) is 3. The van der Waals surface area contributed by atoms with Gasteiger partial charge < -0.3 is 10.2 Å². The Bertz CT molecular complexity index is 786. The van der Waals surface area contributed by atoms with Crippen molar-refractivity contribution in [3.8, 4) is 0 Å². The summed E-state index contributed by atoms with van der Waals surface area (Å²) >= 11 is 0. The molecule has 0 spiro atoms. The molecule has 5 heteroatoms. The Kier molecular flexibility index (Phi) is 3.33. The van der Waals surface area contributed by atoms with Crippen LogP contribution in [0.2, 0.25) is 0 Å². The number of benzene rings is 1. The van der Waals surface area contributed by atoms with E-state index in [1.54, 1.807) is 12.4 Å². The van der Waals surface area contributed by atoms with Crippen LogP contribution in [0.15, 0.2) is 36.7 Å². The molecule has 23 heavy (non-hydrogen) atoms. The molecule has 0 saturated heterocycles. The van der Waals surface area contributed by atoms with E-state index in [4.69, 9.17) is 0 Å². The van der Waals surface area contributed by atoms with Crippen LogP contribution in [0, 0.1) is 0 Å². The average molecular weight is 307 g/mol. The predicted molar refractivity (Wildman–Crippen MR) is 86.2 cm³/mol. The lowest BCUT2D eigenvalue weighted by atomic mass is 9.96. The maximum atomic E-state index is 12.4. The zero-order chi connectivity index (χ0) is 15.8. The van der Waals surface area contributed by atoms with Crippen molar-refractivity contribution in [1.82, 2.24) is 10.3 Å². The number of anilines is 1. The first-order valence-corrected chi connectivity index (χ1v) is 7.85. The van der Waals surface area contributed by atoms with Crippen LogP contribution < -0.4 is 10.2 Å². The van der Waals surface area contributed by atoms with Gasteiger partial charge in [-0.25, -0.2) is 0 Å². The smallest absolute Gasteiger partial charge is 0.251 e. The molecule has 0 atom stereocenters. The third-order valence-electron chi connectivity index (χ3n) is 4.49. The quantitative estimate of drug-likeness (QED) is 0.941. The van der Waals surface area contributed by atoms with Gasteiger partial charge in [-0.05, 0) is 47.7 Å². The fraction of sp³-hybridized carbons (Fsp3) is 0.278. The number of hydrogen-bond donors (Lipinski definition) is 1. The predicted octanol–water partition coefficient (Wildman–Crippen LogP) is 1.85. The molecular weight excluding hydrogens is 290 g/mol. The maximum Gasteiger partial charge on any atom is 0.251 e. The van der Waals surface area contributed by atoms with Gasteiger partial charge in [-0.2, -0.15) is 0 Å². The lowest BCUT2D eigenvalue weighted by Crippen LogP contribution is -2.33. The molecule has 0 saturated carbocycles. The topological polar surface area (TPSA) is 62.3 Å². The Labute approximate surface area is 134 Å². The fourth-order valence-electron chi connectivity index (χ4n) is 3.38. The van der Waals surface area contributed by atoms with Crippen LogP contribution in [-0.2, 0) is 24.2 Å². The summed E-state index contributed by atoms with van der Waals surface area (Å²) in [6.07, 6.45) is 5.55. The van der Waals surface area contributed by atoms with Gasteiger partial charge in [0, 0.05) is 37.5 Å². The van der Waals surface area contributed by atoms with Crippen molar-refractivity contribution in [3.05, 3.63) is 58.9 Å². The van der Waals surface area contributed by atoms with Crippen molar-refractivity contribution in [1.29, 1.82) is 0 Å². The molecule has 4 rings (SSSR count). The number of carbonyl (C=O) groups is 2. The van der Waals surface area contributed by atoms with E-state index in [0.717, 1.165) is 41.8 Å². The summed E-state index contributed by atoms with van der Waals surface area (Å²) in [6.45, 7) is 1.20. The van der Waals surface area contributed by atoms with Gasteiger partial charge in [0.15, 0.2) is 0 Å². The van der Waals surface area contributed by atoms with Gasteiger partial charge in [0.2, 0.25) is 5.91 Å². The van der Waals surface area contributed by atoms with E-state index in [9.17, 15) is 9.59 Å². The van der Waals surface area contributed by atoms with E-state index in [0.29, 0.717) is 18.5 Å². The highest BCUT2D eigenvalue weighted by Crippen LogP contribution is 2.37. The average Bonchev–Trinajstić information content (AvgIpc) is 3.02. The van der Waals surface area contributed by atoms with E-state index in [2.05, 4.69) is 10.3 Å². The summed E-state index contributed by atoms with van der Waals surface area (Å²) in [7, 11) is 0. The van der Waals surface area contributed by atoms with Crippen molar-refractivity contribution >= 4 is 17.5 Å². The van der Waals surface area contributed by atoms with E-state index < -0.39 is 0 Å². The Morgan fingerprint density at radius 3 is 2.83 bits per heavy atom. The standard InChI is InChI=1S/C18H17N3O2/c22-16-4-3-13-8-15(9-14-5-7-21(16)17(13)14)18(23)20-11-12-2-1-6-19-10-12/h1-2,6,8-10H,3-5,7,11H2,(H,20,23). The monoisotopic (exact) mass is 307 g/mol. The van der Waals surface area contributed by atoms with Crippen molar-refractivity contribution in [2.75, 3.05) is 11.4 Å². The Morgan fingerprint density at radius 2 is 2.04 bits per heavy atom. The van der Waals surface area contributed by atoms with Gasteiger partial charge in [0.25, 0.3) is 5.91 Å². The second-order valence-corrected chi connectivity index (χ2v) is 5.98. The van der Waals surface area contributed by atoms with Crippen LogP contribution >= 0.6 is 0 Å². The lowest BCUT2D eigenvalue weighted by molar-refractivity contribution is -0.118. The molecular formula is C18H17N3O2. The first-order chi connectivity index (χ1) is 11.2. The Hall–Kier alpha value is -2.69. The van der Waals surface area contributed by atoms with Crippen molar-refractivity contribution in [2.24, 2.45) is 0 Å². The molecule has 1 aromatic carbocycles. The highest BCUT2D eigenvalue weighted by molar-refractivity contribution is 6.01. The largest absolute Gasteiger partial charge is 0.348 e. The van der Waals surface area contributed by atoms with Gasteiger partial charge >= 0.3 is 0 Å². The summed E-state index contributed by atoms with van der Waals surface area (Å²) in [6, 6.07) is 7.65. The number of aromatic nitrogens is 1. The highest BCUT2D eigenvalue weighted by Gasteiger charge is 2.31. The van der Waals surface area contributed by atoms with Crippen molar-refractivity contribution in [3.63, 3.8) is 0 Å². The molecule has 0 aliphatic carbocycles. The molecule has 0 radical (unpaired) electrons. The normalized spacial score (nSPS) is 15.5. The number of pyridine rings is 1. The molecule has 0 bridgehead atoms. The molecule has 3 heterocycles. The van der Waals surface area contributed by atoms with Crippen LogP contribution in [-0.4, -0.2) is 23.3 Å². The van der Waals surface area contributed by atoms with E-state index in [-0.39, 0.29) is 11.8 Å². The van der Waals surface area contributed by atoms with E-state index >= 15 is 0 Å². The summed E-state index contributed by atoms with van der Waals surface area (Å²) in [5, 5.41) is 2.94. The van der Waals surface area contributed by atoms with Crippen LogP contribution in [0.4, 0.5) is 5.69 Å². The number of nitrogens with zero attached hydrogens (tertiary/aromatic N) is 2. The zero-order valence-corrected chi connectivity index (χ0v) is 12.7. The van der Waals surface area contributed by atoms with Crippen molar-refractivity contribution < 1.29 is 9.59 Å². The molecule has 2 aromatic rings. The van der Waals surface area contributed by atoms with Gasteiger partial charge in [0.05, 0.1) is 5.69 Å². The van der Waals surface area contributed by atoms with Crippen LogP contribution in [0.5, 0.6) is 0 Å². The summed E-state index contributed by atoms with van der Waals surface area (Å²) in [5.41, 5.74) is 4.93. The number of rotatable bonds is 3. The van der Waals surface area contributed by atoms with Gasteiger partial charge in [0.1, 0.15) is 0 Å². The number of carbonyl (C=O) groups excluding carboxylic acids is 2. The van der Waals surface area contributed by atoms with Gasteiger partial charge in [-0.1, -0.05) is 6.07 Å². The fourth-order valence-corrected chi connectivity index (χ4v) is 3.38. The second kappa shape index (κ2) is 5.50. The number of amides is 2. The number of aryl methyl sites for hydroxylation is 1. The third kappa shape index (κ3) is 2.48. The minimum absolute atomic E-state index is 0.0803. The molecule has 116 valence electrons. The van der Waals surface area contributed by atoms with E-state index in [1.165, 1.54) is 0 Å². The second-order valence-electron chi connectivity index (χ2n) is 5.98. The van der Waals surface area contributed by atoms with Gasteiger partial charge in [-0.3, -0.25) is 14.6 Å². The summed E-state index contributed by atoms with van der Waals surface area (Å²) in [4.78, 5) is 30.3. The minimum atomic E-state index is -0.0803. The van der Waals surface area contributed by atoms with Gasteiger partial charge in [-0.15, -0.1) is 0 Å². The molecule has 0 fully saturated rings. The lowest BCUT2D eigenvalue weighted by Gasteiger charge is -2.25. The SMILES string of the molecule is O=C(NCc1cccnc1)c1cc2c3c(c1)CCN3C(=O)CC2. The summed E-state index contributed by atoms with van der Waals surface area (Å²) in [5.74, 6) is 0.119. The van der Waals surface area contributed by atoms with Crippen LogP contribution in [0.1, 0.15) is 33.5 Å². The zero-order valence-electron chi connectivity index (χ0n) is 12.7. The molecule has 1 N–H and O–H groups in total. The molecule has 5 nitrogen and oxygen atoms in total. The van der Waals surface area contributed by atoms with E-state index in [1.807, 2.05) is 29.2 Å². The summed E-state index contributed by atoms with van der Waals surface area (Å²) < 4.78 is 0. The molecule has 2 aliphatic rings. The Balaban J connectivity index is 1.56. The molecule has 0 unspecified atom stereocenters. The third-order valence-corrected chi connectivity index (χ3v) is 4.49. The molecule has 2 aliphatic heterocycles. The van der Waals surface area contributed by atoms with Crippen molar-refractivity contribution in [2.45, 2.75) is 25.8 Å². The Morgan fingerprint density at radius 1 is 1.22 bits per heavy atom. The molecule has 1 aromatic heterocycles. The van der Waals surface area contributed by atoms with Crippen LogP contribution in [0.25, 0.3) is 0 Å².